The lowest BCUT2D eigenvalue weighted by molar-refractivity contribution is 1.14. The number of hydrogen-bond acceptors (Lipinski definition) is 2. The number of fused-ring (bicyclic) bond motifs is 10. The third kappa shape index (κ3) is 5.57. The van der Waals surface area contributed by atoms with E-state index in [1.54, 1.807) is 0 Å². The van der Waals surface area contributed by atoms with Crippen LogP contribution in [0.1, 0.15) is 99.4 Å². The van der Waals surface area contributed by atoms with Gasteiger partial charge in [-0.05, 0) is 143 Å². The van der Waals surface area contributed by atoms with E-state index in [1.807, 2.05) is 0 Å². The van der Waals surface area contributed by atoms with Crippen LogP contribution >= 0.6 is 0 Å². The fourth-order valence-electron chi connectivity index (χ4n) is 9.54. The average molecular weight is 731 g/mol. The van der Waals surface area contributed by atoms with Gasteiger partial charge in [0.15, 0.2) is 0 Å². The Morgan fingerprint density at radius 2 is 0.768 bits per heavy atom. The van der Waals surface area contributed by atoms with Gasteiger partial charge in [-0.2, -0.15) is 0 Å². The molecule has 4 nitrogen and oxygen atoms in total. The normalized spacial score (nSPS) is 13.1. The van der Waals surface area contributed by atoms with Crippen LogP contribution in [-0.2, 0) is 12.8 Å². The number of aromatic nitrogens is 4. The van der Waals surface area contributed by atoms with E-state index in [0.29, 0.717) is 0 Å². The SMILES string of the molecule is CCC1=C(C)c2nc1cc1[nH]c(c(C)c1CC)c(-c1ccc3cccc-3cc1)c1nc(cc3[nH]c(c(C)c3CC)c2-c2ccc3cccc-3cc2)C(CC)=C1C. The Morgan fingerprint density at radius 1 is 0.429 bits per heavy atom. The molecule has 56 heavy (non-hydrogen) atoms. The number of rotatable bonds is 6. The third-order valence-corrected chi connectivity index (χ3v) is 12.6. The summed E-state index contributed by atoms with van der Waals surface area (Å²) < 4.78 is 0. The number of nitrogens with one attached hydrogen (secondary N) is 2. The molecule has 4 aliphatic carbocycles. The quantitative estimate of drug-likeness (QED) is 0.179. The third-order valence-electron chi connectivity index (χ3n) is 12.6. The van der Waals surface area contributed by atoms with E-state index in [2.05, 4.69) is 162 Å². The average Bonchev–Trinajstić information content (AvgIpc) is 4.02. The molecule has 0 radical (unpaired) electrons. The van der Waals surface area contributed by atoms with Crippen molar-refractivity contribution in [2.75, 3.05) is 0 Å². The van der Waals surface area contributed by atoms with E-state index < -0.39 is 0 Å². The molecule has 278 valence electrons. The van der Waals surface area contributed by atoms with Crippen LogP contribution in [0.5, 0.6) is 0 Å². The molecule has 0 saturated carbocycles. The summed E-state index contributed by atoms with van der Waals surface area (Å²) in [7, 11) is 0. The van der Waals surface area contributed by atoms with Gasteiger partial charge in [-0.15, -0.1) is 0 Å². The van der Waals surface area contributed by atoms with Gasteiger partial charge in [0.1, 0.15) is 0 Å². The van der Waals surface area contributed by atoms with Gasteiger partial charge < -0.3 is 9.97 Å². The minimum absolute atomic E-state index is 0.887. The molecule has 2 aliphatic heterocycles. The molecule has 0 aromatic carbocycles. The van der Waals surface area contributed by atoms with Crippen molar-refractivity contribution in [2.24, 2.45) is 0 Å². The molecule has 0 unspecified atom stereocenters. The van der Waals surface area contributed by atoms with Crippen LogP contribution in [0.15, 0.2) is 97.1 Å². The summed E-state index contributed by atoms with van der Waals surface area (Å²) >= 11 is 0. The summed E-state index contributed by atoms with van der Waals surface area (Å²) in [5.41, 5.74) is 28.3. The Balaban J connectivity index is 1.50. The summed E-state index contributed by atoms with van der Waals surface area (Å²) in [6.45, 7) is 18.1. The van der Waals surface area contributed by atoms with Gasteiger partial charge in [0.25, 0.3) is 0 Å². The standard InChI is InChI=1S/C52H50N4/c1-9-39-29(5)49-47(37-23-19-33-15-13-16-34(33)20-24-37)50-31(7)41(11-3)45(55-50)28-46-42(12-4)32(8)52(56-46)48(38-25-21-35-17-14-18-36(35)22-26-38)51-30(6)40(10-2)44(54-51)27-43(39)53-49/h13-28,53,56H,9-12H2,1-8H3. The van der Waals surface area contributed by atoms with E-state index in [-0.39, 0.29) is 0 Å². The fourth-order valence-corrected chi connectivity index (χ4v) is 9.54. The lowest BCUT2D eigenvalue weighted by Crippen LogP contribution is -1.89. The molecule has 3 aromatic heterocycles. The van der Waals surface area contributed by atoms with Crippen LogP contribution in [0, 0.1) is 13.8 Å². The van der Waals surface area contributed by atoms with Crippen LogP contribution in [0.25, 0.3) is 88.9 Å². The summed E-state index contributed by atoms with van der Waals surface area (Å²) in [4.78, 5) is 19.2. The van der Waals surface area contributed by atoms with E-state index in [1.165, 1.54) is 66.8 Å². The predicted octanol–water partition coefficient (Wildman–Crippen LogP) is 14.3. The highest BCUT2D eigenvalue weighted by atomic mass is 14.8. The molecule has 0 fully saturated rings. The number of hydrogen-bond donors (Lipinski definition) is 2. The molecule has 0 spiro atoms. The Bertz CT molecular complexity index is 2630. The molecule has 8 bridgehead atoms. The molecule has 5 heterocycles. The first-order chi connectivity index (χ1) is 27.2. The topological polar surface area (TPSA) is 57.4 Å². The number of nitrogens with zero attached hydrogens (tertiary/aromatic N) is 2. The maximum absolute atomic E-state index is 5.62. The van der Waals surface area contributed by atoms with Crippen molar-refractivity contribution in [3.8, 4) is 44.5 Å². The molecule has 0 saturated heterocycles. The van der Waals surface area contributed by atoms with Crippen LogP contribution in [0.2, 0.25) is 0 Å². The summed E-state index contributed by atoms with van der Waals surface area (Å²) in [5, 5.41) is 0. The molecule has 3 aromatic rings. The van der Waals surface area contributed by atoms with Crippen LogP contribution in [-0.4, -0.2) is 19.9 Å². The number of aromatic amines is 2. The van der Waals surface area contributed by atoms with Gasteiger partial charge in [0, 0.05) is 22.2 Å². The Labute approximate surface area is 330 Å². The van der Waals surface area contributed by atoms with E-state index in [9.17, 15) is 0 Å². The zero-order chi connectivity index (χ0) is 38.8. The minimum atomic E-state index is 0.887. The first-order valence-electron chi connectivity index (χ1n) is 20.4. The van der Waals surface area contributed by atoms with Crippen molar-refractivity contribution in [3.05, 3.63) is 142 Å². The van der Waals surface area contributed by atoms with Crippen molar-refractivity contribution in [2.45, 2.75) is 81.1 Å². The maximum Gasteiger partial charge on any atom is 0.0769 e. The summed E-state index contributed by atoms with van der Waals surface area (Å²) in [6, 6.07) is 35.7. The highest BCUT2D eigenvalue weighted by Crippen LogP contribution is 2.44. The lowest BCUT2D eigenvalue weighted by atomic mass is 9.96. The number of aryl methyl sites for hydroxylation is 4. The zero-order valence-corrected chi connectivity index (χ0v) is 34.0. The van der Waals surface area contributed by atoms with Crippen LogP contribution < -0.4 is 0 Å². The molecule has 0 atom stereocenters. The van der Waals surface area contributed by atoms with Crippen LogP contribution in [0.3, 0.4) is 0 Å². The molecular weight excluding hydrogens is 681 g/mol. The van der Waals surface area contributed by atoms with E-state index in [0.717, 1.165) is 92.8 Å². The smallest absolute Gasteiger partial charge is 0.0769 e. The second kappa shape index (κ2) is 13.9. The van der Waals surface area contributed by atoms with Crippen LogP contribution in [0.4, 0.5) is 0 Å². The maximum atomic E-state index is 5.62. The zero-order valence-electron chi connectivity index (χ0n) is 34.0. The molecule has 0 amide bonds. The molecular formula is C52H50N4. The highest BCUT2D eigenvalue weighted by Gasteiger charge is 2.25. The predicted molar refractivity (Wildman–Crippen MR) is 239 cm³/mol. The Kier molecular flexibility index (Phi) is 8.88. The number of H-pyrrole nitrogens is 2. The highest BCUT2D eigenvalue weighted by molar-refractivity contribution is 6.03. The van der Waals surface area contributed by atoms with Crippen molar-refractivity contribution in [1.82, 2.24) is 19.9 Å². The van der Waals surface area contributed by atoms with E-state index in [4.69, 9.17) is 9.97 Å². The molecule has 9 rings (SSSR count). The van der Waals surface area contributed by atoms with Crippen molar-refractivity contribution in [3.63, 3.8) is 0 Å². The Hall–Kier alpha value is -6.00. The van der Waals surface area contributed by atoms with Gasteiger partial charge in [0.2, 0.25) is 0 Å². The van der Waals surface area contributed by atoms with Crippen molar-refractivity contribution < 1.29 is 0 Å². The Morgan fingerprint density at radius 3 is 1.09 bits per heavy atom. The second-order valence-electron chi connectivity index (χ2n) is 15.5. The van der Waals surface area contributed by atoms with Crippen molar-refractivity contribution >= 4 is 44.4 Å². The fraction of sp³-hybridized carbons (Fsp3) is 0.231. The van der Waals surface area contributed by atoms with Gasteiger partial charge in [0.05, 0.1) is 33.8 Å². The summed E-state index contributed by atoms with van der Waals surface area (Å²) in [5.74, 6) is 0. The number of allylic oxidation sites excluding steroid dienone is 4. The first kappa shape index (κ1) is 35.7. The monoisotopic (exact) mass is 730 g/mol. The summed E-state index contributed by atoms with van der Waals surface area (Å²) in [6.07, 6.45) is 3.57. The van der Waals surface area contributed by atoms with E-state index >= 15 is 0 Å². The molecule has 4 heteroatoms. The lowest BCUT2D eigenvalue weighted by Gasteiger charge is -2.07. The largest absolute Gasteiger partial charge is 0.354 e. The molecule has 2 N–H and O–H groups in total. The first-order valence-corrected chi connectivity index (χ1v) is 20.4. The van der Waals surface area contributed by atoms with Gasteiger partial charge in [-0.3, -0.25) is 0 Å². The van der Waals surface area contributed by atoms with Crippen molar-refractivity contribution in [1.29, 1.82) is 0 Å². The second-order valence-corrected chi connectivity index (χ2v) is 15.5. The molecule has 6 aliphatic rings. The van der Waals surface area contributed by atoms with Gasteiger partial charge >= 0.3 is 0 Å². The van der Waals surface area contributed by atoms with Gasteiger partial charge in [-0.25, -0.2) is 9.97 Å². The van der Waals surface area contributed by atoms with Gasteiger partial charge in [-0.1, -0.05) is 113 Å². The minimum Gasteiger partial charge on any atom is -0.354 e.